The highest BCUT2D eigenvalue weighted by molar-refractivity contribution is 7.99. The number of thioether (sulfide) groups is 1. The Morgan fingerprint density at radius 2 is 1.95 bits per heavy atom. The van der Waals surface area contributed by atoms with E-state index in [9.17, 15) is 9.59 Å². The quantitative estimate of drug-likeness (QED) is 0.800. The minimum Gasteiger partial charge on any atom is -0.354 e. The predicted octanol–water partition coefficient (Wildman–Crippen LogP) is 0.835. The van der Waals surface area contributed by atoms with Gasteiger partial charge in [0, 0.05) is 37.2 Å². The monoisotopic (exact) mass is 333 g/mol. The van der Waals surface area contributed by atoms with Gasteiger partial charge in [0.2, 0.25) is 11.8 Å². The minimum absolute atomic E-state index is 0. The molecule has 3 fully saturated rings. The second kappa shape index (κ2) is 7.70. The van der Waals surface area contributed by atoms with Crippen LogP contribution in [0.25, 0.3) is 0 Å². The van der Waals surface area contributed by atoms with Crippen LogP contribution in [0.3, 0.4) is 0 Å². The maximum absolute atomic E-state index is 12.5. The molecule has 21 heavy (non-hydrogen) atoms. The van der Waals surface area contributed by atoms with Crippen molar-refractivity contribution in [3.63, 3.8) is 0 Å². The van der Waals surface area contributed by atoms with Crippen LogP contribution in [0.5, 0.6) is 0 Å². The van der Waals surface area contributed by atoms with Crippen molar-refractivity contribution in [1.82, 2.24) is 15.5 Å². The second-order valence-electron chi connectivity index (χ2n) is 6.07. The first kappa shape index (κ1) is 16.9. The molecule has 1 aliphatic carbocycles. The Kier molecular flexibility index (Phi) is 6.20. The molecule has 3 rings (SSSR count). The van der Waals surface area contributed by atoms with Crippen LogP contribution in [0.4, 0.5) is 0 Å². The van der Waals surface area contributed by atoms with Gasteiger partial charge in [0.25, 0.3) is 0 Å². The van der Waals surface area contributed by atoms with Gasteiger partial charge in [-0.1, -0.05) is 12.8 Å². The van der Waals surface area contributed by atoms with Gasteiger partial charge < -0.3 is 15.5 Å². The SMILES string of the molecule is Cl.O=C(NCC1CNC1)C1CSCN1C(=O)C1CCCC1. The third-order valence-electron chi connectivity index (χ3n) is 4.60. The summed E-state index contributed by atoms with van der Waals surface area (Å²) in [5.74, 6) is 2.39. The molecule has 0 bridgehead atoms. The van der Waals surface area contributed by atoms with Gasteiger partial charge >= 0.3 is 0 Å². The number of halogens is 1. The molecule has 0 spiro atoms. The van der Waals surface area contributed by atoms with Crippen molar-refractivity contribution >= 4 is 36.0 Å². The van der Waals surface area contributed by atoms with Gasteiger partial charge in [-0.2, -0.15) is 0 Å². The number of nitrogens with zero attached hydrogens (tertiary/aromatic N) is 1. The summed E-state index contributed by atoms with van der Waals surface area (Å²) in [5, 5.41) is 6.21. The molecule has 2 N–H and O–H groups in total. The van der Waals surface area contributed by atoms with Gasteiger partial charge in [0.05, 0.1) is 5.88 Å². The Hall–Kier alpha value is -0.460. The lowest BCUT2D eigenvalue weighted by Gasteiger charge is -2.29. The van der Waals surface area contributed by atoms with Crippen molar-refractivity contribution in [3.05, 3.63) is 0 Å². The van der Waals surface area contributed by atoms with Crippen LogP contribution < -0.4 is 10.6 Å². The molecular weight excluding hydrogens is 310 g/mol. The van der Waals surface area contributed by atoms with E-state index in [0.717, 1.165) is 51.1 Å². The Morgan fingerprint density at radius 3 is 2.57 bits per heavy atom. The first-order valence-corrected chi connectivity index (χ1v) is 8.78. The maximum atomic E-state index is 12.5. The van der Waals surface area contributed by atoms with E-state index in [2.05, 4.69) is 10.6 Å². The topological polar surface area (TPSA) is 61.4 Å². The summed E-state index contributed by atoms with van der Waals surface area (Å²) >= 11 is 1.69. The normalized spacial score (nSPS) is 26.3. The van der Waals surface area contributed by atoms with Crippen LogP contribution in [0, 0.1) is 11.8 Å². The van der Waals surface area contributed by atoms with Crippen LogP contribution in [-0.4, -0.2) is 54.0 Å². The van der Waals surface area contributed by atoms with E-state index >= 15 is 0 Å². The molecule has 0 aromatic carbocycles. The number of hydrogen-bond acceptors (Lipinski definition) is 4. The standard InChI is InChI=1S/C14H23N3O2S.ClH/c18-13(16-7-10-5-15-6-10)12-8-20-9-17(12)14(19)11-3-1-2-4-11;/h10-12,15H,1-9H2,(H,16,18);1H. The van der Waals surface area contributed by atoms with Crippen molar-refractivity contribution in [2.24, 2.45) is 11.8 Å². The molecule has 1 unspecified atom stereocenters. The summed E-state index contributed by atoms with van der Waals surface area (Å²) in [6.45, 7) is 2.72. The van der Waals surface area contributed by atoms with Gasteiger partial charge in [-0.25, -0.2) is 0 Å². The van der Waals surface area contributed by atoms with Crippen molar-refractivity contribution in [3.8, 4) is 0 Å². The van der Waals surface area contributed by atoms with Crippen LogP contribution >= 0.6 is 24.2 Å². The van der Waals surface area contributed by atoms with Crippen LogP contribution in [-0.2, 0) is 9.59 Å². The Labute approximate surface area is 136 Å². The molecule has 0 radical (unpaired) electrons. The average Bonchev–Trinajstić information content (AvgIpc) is 3.07. The van der Waals surface area contributed by atoms with Gasteiger partial charge in [0.1, 0.15) is 6.04 Å². The highest BCUT2D eigenvalue weighted by Crippen LogP contribution is 2.30. The summed E-state index contributed by atoms with van der Waals surface area (Å²) in [4.78, 5) is 26.6. The van der Waals surface area contributed by atoms with Crippen LogP contribution in [0.15, 0.2) is 0 Å². The maximum Gasteiger partial charge on any atom is 0.243 e. The Bertz CT molecular complexity index is 386. The zero-order valence-electron chi connectivity index (χ0n) is 12.2. The average molecular weight is 334 g/mol. The van der Waals surface area contributed by atoms with Crippen LogP contribution in [0.2, 0.25) is 0 Å². The predicted molar refractivity (Wildman–Crippen MR) is 86.5 cm³/mol. The summed E-state index contributed by atoms with van der Waals surface area (Å²) in [6.07, 6.45) is 4.32. The third kappa shape index (κ3) is 3.85. The highest BCUT2D eigenvalue weighted by Gasteiger charge is 2.38. The molecule has 7 heteroatoms. The summed E-state index contributed by atoms with van der Waals surface area (Å²) in [6, 6.07) is -0.249. The highest BCUT2D eigenvalue weighted by atomic mass is 35.5. The van der Waals surface area contributed by atoms with E-state index in [1.165, 1.54) is 0 Å². The number of nitrogens with one attached hydrogen (secondary N) is 2. The van der Waals surface area contributed by atoms with Crippen molar-refractivity contribution < 1.29 is 9.59 Å². The fraction of sp³-hybridized carbons (Fsp3) is 0.857. The van der Waals surface area contributed by atoms with E-state index < -0.39 is 0 Å². The van der Waals surface area contributed by atoms with Crippen molar-refractivity contribution in [2.45, 2.75) is 31.7 Å². The van der Waals surface area contributed by atoms with Gasteiger partial charge in [-0.05, 0) is 12.8 Å². The smallest absolute Gasteiger partial charge is 0.243 e. The molecule has 120 valence electrons. The molecular formula is C14H24ClN3O2S. The number of carbonyl (C=O) groups is 2. The van der Waals surface area contributed by atoms with E-state index in [-0.39, 0.29) is 36.2 Å². The van der Waals surface area contributed by atoms with Crippen molar-refractivity contribution in [2.75, 3.05) is 31.3 Å². The minimum atomic E-state index is -0.249. The van der Waals surface area contributed by atoms with Crippen LogP contribution in [0.1, 0.15) is 25.7 Å². The molecule has 5 nitrogen and oxygen atoms in total. The number of rotatable bonds is 4. The Balaban J connectivity index is 0.00000161. The van der Waals surface area contributed by atoms with E-state index in [1.54, 1.807) is 11.8 Å². The molecule has 0 aromatic heterocycles. The van der Waals surface area contributed by atoms with E-state index in [1.807, 2.05) is 4.90 Å². The molecule has 1 atom stereocenters. The number of carbonyl (C=O) groups excluding carboxylic acids is 2. The second-order valence-corrected chi connectivity index (χ2v) is 7.07. The van der Waals surface area contributed by atoms with Gasteiger partial charge in [0.15, 0.2) is 0 Å². The number of hydrogen-bond donors (Lipinski definition) is 2. The Morgan fingerprint density at radius 1 is 1.24 bits per heavy atom. The van der Waals surface area contributed by atoms with E-state index in [0.29, 0.717) is 11.8 Å². The molecule has 2 heterocycles. The van der Waals surface area contributed by atoms with Gasteiger partial charge in [-0.3, -0.25) is 9.59 Å². The lowest BCUT2D eigenvalue weighted by Crippen LogP contribution is -2.53. The van der Waals surface area contributed by atoms with E-state index in [4.69, 9.17) is 0 Å². The molecule has 1 saturated carbocycles. The third-order valence-corrected chi connectivity index (χ3v) is 5.62. The first-order valence-electron chi connectivity index (χ1n) is 7.62. The fourth-order valence-electron chi connectivity index (χ4n) is 3.14. The molecule has 2 saturated heterocycles. The fourth-order valence-corrected chi connectivity index (χ4v) is 4.30. The molecule has 3 aliphatic rings. The van der Waals surface area contributed by atoms with Gasteiger partial charge in [-0.15, -0.1) is 24.2 Å². The zero-order valence-corrected chi connectivity index (χ0v) is 13.8. The lowest BCUT2D eigenvalue weighted by molar-refractivity contribution is -0.141. The molecule has 0 aromatic rings. The summed E-state index contributed by atoms with van der Waals surface area (Å²) in [7, 11) is 0. The zero-order chi connectivity index (χ0) is 13.9. The largest absolute Gasteiger partial charge is 0.354 e. The van der Waals surface area contributed by atoms with Crippen molar-refractivity contribution in [1.29, 1.82) is 0 Å². The number of amides is 2. The summed E-state index contributed by atoms with van der Waals surface area (Å²) in [5.41, 5.74) is 0. The summed E-state index contributed by atoms with van der Waals surface area (Å²) < 4.78 is 0. The lowest BCUT2D eigenvalue weighted by atomic mass is 10.0. The molecule has 2 amide bonds. The first-order chi connectivity index (χ1) is 9.75. The molecule has 2 aliphatic heterocycles.